The molecular weight excluding hydrogens is 357 g/mol. The molecule has 1 aliphatic rings. The molecule has 1 aromatic carbocycles. The summed E-state index contributed by atoms with van der Waals surface area (Å²) >= 11 is 1.47. The van der Waals surface area contributed by atoms with E-state index in [1.807, 2.05) is 18.4 Å². The molecule has 1 amide bonds. The van der Waals surface area contributed by atoms with Crippen LogP contribution in [0, 0.1) is 11.8 Å². The molecule has 0 unspecified atom stereocenters. The van der Waals surface area contributed by atoms with Gasteiger partial charge in [-0.1, -0.05) is 12.1 Å². The van der Waals surface area contributed by atoms with Gasteiger partial charge in [-0.3, -0.25) is 9.59 Å². The number of rotatable bonds is 6. The Morgan fingerprint density at radius 1 is 1.32 bits per heavy atom. The van der Waals surface area contributed by atoms with Gasteiger partial charge in [0.05, 0.1) is 17.5 Å². The number of aliphatic carboxylic acids is 1. The molecule has 1 heterocycles. The van der Waals surface area contributed by atoms with Crippen LogP contribution in [-0.4, -0.2) is 53.9 Å². The zero-order chi connectivity index (χ0) is 18.6. The van der Waals surface area contributed by atoms with Crippen molar-refractivity contribution < 1.29 is 27.9 Å². The Balaban J connectivity index is 1.91. The van der Waals surface area contributed by atoms with Crippen LogP contribution in [-0.2, 0) is 9.59 Å². The molecule has 9 heteroatoms. The minimum absolute atomic E-state index is 0.000366. The third-order valence-corrected chi connectivity index (χ3v) is 4.97. The number of carbonyl (C=O) groups excluding carboxylic acids is 1. The second kappa shape index (κ2) is 8.09. The lowest BCUT2D eigenvalue weighted by Crippen LogP contribution is -2.33. The fourth-order valence-corrected chi connectivity index (χ4v) is 3.42. The average Bonchev–Trinajstić information content (AvgIpc) is 2.98. The Morgan fingerprint density at radius 2 is 2.00 bits per heavy atom. The number of carboxylic acid groups (broad SMARTS) is 1. The van der Waals surface area contributed by atoms with E-state index in [1.54, 1.807) is 12.1 Å². The van der Waals surface area contributed by atoms with Crippen LogP contribution in [0.2, 0.25) is 0 Å². The van der Waals surface area contributed by atoms with Crippen LogP contribution in [0.5, 0.6) is 0 Å². The summed E-state index contributed by atoms with van der Waals surface area (Å²) in [5, 5.41) is 11.7. The summed E-state index contributed by atoms with van der Waals surface area (Å²) in [6.07, 6.45) is -2.68. The number of likely N-dealkylation sites (tertiary alicyclic amines) is 1. The highest BCUT2D eigenvalue weighted by Crippen LogP contribution is 2.37. The van der Waals surface area contributed by atoms with Gasteiger partial charge in [0.15, 0.2) is 0 Å². The zero-order valence-electron chi connectivity index (χ0n) is 13.5. The molecule has 2 atom stereocenters. The smallest absolute Gasteiger partial charge is 0.393 e. The number of nitrogens with zero attached hydrogens (tertiary/aromatic N) is 1. The fourth-order valence-electron chi connectivity index (χ4n) is 2.87. The van der Waals surface area contributed by atoms with Gasteiger partial charge in [0, 0.05) is 31.0 Å². The molecule has 1 aromatic rings. The molecule has 1 aliphatic heterocycles. The molecule has 2 N–H and O–H groups in total. The Bertz CT molecular complexity index is 639. The highest BCUT2D eigenvalue weighted by Gasteiger charge is 2.52. The van der Waals surface area contributed by atoms with E-state index in [2.05, 4.69) is 5.32 Å². The lowest BCUT2D eigenvalue weighted by Gasteiger charge is -2.18. The first-order valence-electron chi connectivity index (χ1n) is 7.67. The van der Waals surface area contributed by atoms with Crippen LogP contribution in [0.3, 0.4) is 0 Å². The molecule has 0 saturated carbocycles. The van der Waals surface area contributed by atoms with Crippen molar-refractivity contribution in [2.24, 2.45) is 11.8 Å². The van der Waals surface area contributed by atoms with Gasteiger partial charge >= 0.3 is 12.1 Å². The molecule has 25 heavy (non-hydrogen) atoms. The van der Waals surface area contributed by atoms with Crippen molar-refractivity contribution >= 4 is 29.3 Å². The van der Waals surface area contributed by atoms with E-state index < -0.39 is 30.5 Å². The summed E-state index contributed by atoms with van der Waals surface area (Å²) in [6, 6.07) is 7.22. The van der Waals surface area contributed by atoms with Crippen molar-refractivity contribution in [2.45, 2.75) is 17.5 Å². The highest BCUT2D eigenvalue weighted by atomic mass is 32.2. The number of hydrogen-bond acceptors (Lipinski definition) is 4. The third kappa shape index (κ3) is 5.12. The summed E-state index contributed by atoms with van der Waals surface area (Å²) in [4.78, 5) is 25.4. The van der Waals surface area contributed by atoms with E-state index in [0.717, 1.165) is 4.90 Å². The number of benzene rings is 1. The number of para-hydroxylation sites is 1. The summed E-state index contributed by atoms with van der Waals surface area (Å²) in [5.74, 6) is -5.16. The van der Waals surface area contributed by atoms with E-state index in [1.165, 1.54) is 16.7 Å². The Hall–Kier alpha value is -1.74. The summed E-state index contributed by atoms with van der Waals surface area (Å²) in [5.41, 5.74) is 0.651. The van der Waals surface area contributed by atoms with Crippen LogP contribution in [0.1, 0.15) is 6.42 Å². The van der Waals surface area contributed by atoms with E-state index in [9.17, 15) is 22.8 Å². The zero-order valence-corrected chi connectivity index (χ0v) is 14.4. The van der Waals surface area contributed by atoms with Gasteiger partial charge in [-0.25, -0.2) is 0 Å². The molecule has 0 radical (unpaired) electrons. The minimum atomic E-state index is -4.56. The van der Waals surface area contributed by atoms with Crippen LogP contribution in [0.4, 0.5) is 18.9 Å². The van der Waals surface area contributed by atoms with Crippen LogP contribution < -0.4 is 5.32 Å². The van der Waals surface area contributed by atoms with E-state index in [4.69, 9.17) is 5.11 Å². The molecule has 1 fully saturated rings. The van der Waals surface area contributed by atoms with Crippen molar-refractivity contribution in [1.82, 2.24) is 4.90 Å². The second-order valence-corrected chi connectivity index (χ2v) is 6.70. The molecular formula is C16H19F3N2O3S. The van der Waals surface area contributed by atoms with E-state index in [-0.39, 0.29) is 25.4 Å². The molecule has 138 valence electrons. The maximum absolute atomic E-state index is 12.9. The monoisotopic (exact) mass is 376 g/mol. The third-order valence-electron chi connectivity index (χ3n) is 4.17. The van der Waals surface area contributed by atoms with Crippen molar-refractivity contribution in [3.05, 3.63) is 24.3 Å². The van der Waals surface area contributed by atoms with Crippen molar-refractivity contribution in [2.75, 3.05) is 31.2 Å². The quantitative estimate of drug-likeness (QED) is 0.747. The van der Waals surface area contributed by atoms with Crippen molar-refractivity contribution in [1.29, 1.82) is 0 Å². The highest BCUT2D eigenvalue weighted by molar-refractivity contribution is 7.98. The van der Waals surface area contributed by atoms with Gasteiger partial charge in [-0.2, -0.15) is 13.2 Å². The normalized spacial score (nSPS) is 21.3. The van der Waals surface area contributed by atoms with Gasteiger partial charge in [0.25, 0.3) is 0 Å². The predicted octanol–water partition coefficient (Wildman–Crippen LogP) is 2.93. The standard InChI is InChI=1S/C16H19F3N2O3S/c1-25-13-5-3-2-4-12(13)20-14(22)6-7-21-8-10(15(23)24)11(9-21)16(17,18)19/h2-5,10-11H,6-9H2,1H3,(H,20,22)(H,23,24)/t10-,11-/m1/s1. The predicted molar refractivity (Wildman–Crippen MR) is 88.6 cm³/mol. The van der Waals surface area contributed by atoms with Gasteiger partial charge in [-0.05, 0) is 18.4 Å². The lowest BCUT2D eigenvalue weighted by molar-refractivity contribution is -0.188. The lowest BCUT2D eigenvalue weighted by atomic mass is 9.96. The molecule has 0 bridgehead atoms. The molecule has 5 nitrogen and oxygen atoms in total. The number of halogens is 3. The molecule has 0 aromatic heterocycles. The second-order valence-electron chi connectivity index (χ2n) is 5.85. The SMILES string of the molecule is CSc1ccccc1NC(=O)CCN1C[C@@H](C(F)(F)F)[C@H](C(=O)O)C1. The molecule has 0 aliphatic carbocycles. The number of anilines is 1. The van der Waals surface area contributed by atoms with Crippen molar-refractivity contribution in [3.8, 4) is 0 Å². The number of carbonyl (C=O) groups is 2. The van der Waals surface area contributed by atoms with Crippen molar-refractivity contribution in [3.63, 3.8) is 0 Å². The average molecular weight is 376 g/mol. The topological polar surface area (TPSA) is 69.6 Å². The summed E-state index contributed by atoms with van der Waals surface area (Å²) in [7, 11) is 0. The number of amides is 1. The Kier molecular flexibility index (Phi) is 6.34. The first kappa shape index (κ1) is 19.6. The van der Waals surface area contributed by atoms with Crippen LogP contribution in [0.15, 0.2) is 29.2 Å². The fraction of sp³-hybridized carbons (Fsp3) is 0.500. The molecule has 0 spiro atoms. The Labute approximate surface area is 147 Å². The molecule has 1 saturated heterocycles. The van der Waals surface area contributed by atoms with Gasteiger partial charge in [0.2, 0.25) is 5.91 Å². The Morgan fingerprint density at radius 3 is 2.56 bits per heavy atom. The number of hydrogen-bond donors (Lipinski definition) is 2. The van der Waals surface area contributed by atoms with Crippen LogP contribution >= 0.6 is 11.8 Å². The molecule has 2 rings (SSSR count). The first-order valence-corrected chi connectivity index (χ1v) is 8.89. The van der Waals surface area contributed by atoms with Gasteiger partial charge in [0.1, 0.15) is 0 Å². The van der Waals surface area contributed by atoms with Crippen LogP contribution in [0.25, 0.3) is 0 Å². The number of alkyl halides is 3. The largest absolute Gasteiger partial charge is 0.481 e. The van der Waals surface area contributed by atoms with E-state index in [0.29, 0.717) is 5.69 Å². The maximum Gasteiger partial charge on any atom is 0.393 e. The van der Waals surface area contributed by atoms with E-state index >= 15 is 0 Å². The maximum atomic E-state index is 12.9. The summed E-state index contributed by atoms with van der Waals surface area (Å²) < 4.78 is 38.8. The minimum Gasteiger partial charge on any atom is -0.481 e. The number of nitrogens with one attached hydrogen (secondary N) is 1. The van der Waals surface area contributed by atoms with Gasteiger partial charge < -0.3 is 15.3 Å². The summed E-state index contributed by atoms with van der Waals surface area (Å²) in [6.45, 7) is -0.507. The van der Waals surface area contributed by atoms with Gasteiger partial charge in [-0.15, -0.1) is 11.8 Å². The first-order chi connectivity index (χ1) is 11.7. The number of thioether (sulfide) groups is 1. The number of carboxylic acids is 1.